The van der Waals surface area contributed by atoms with Gasteiger partial charge in [-0.15, -0.1) is 22.9 Å². The molecule has 0 atom stereocenters. The standard InChI is InChI=1S/C26H24ClNO4S/c1-17(29)28(19-6-10-21(11-7-19)32-15-14-27)25-23-13-12-22(31-3)16-24(23)33-26(25)18-4-8-20(30-2)9-5-18/h4-13,16H,14-15H2,1-3H3. The number of methoxy groups -OCH3 is 2. The number of anilines is 2. The second kappa shape index (κ2) is 10.1. The number of fused-ring (bicyclic) bond motifs is 1. The molecule has 0 N–H and O–H groups in total. The highest BCUT2D eigenvalue weighted by molar-refractivity contribution is 7.23. The Balaban J connectivity index is 1.88. The summed E-state index contributed by atoms with van der Waals surface area (Å²) in [6.45, 7) is 2.00. The highest BCUT2D eigenvalue weighted by Crippen LogP contribution is 2.48. The summed E-state index contributed by atoms with van der Waals surface area (Å²) in [6.07, 6.45) is 0. The Bertz CT molecular complexity index is 1250. The van der Waals surface area contributed by atoms with Crippen molar-refractivity contribution in [1.29, 1.82) is 0 Å². The van der Waals surface area contributed by atoms with Crippen LogP contribution in [0.5, 0.6) is 17.2 Å². The van der Waals surface area contributed by atoms with Crippen LogP contribution in [0.25, 0.3) is 20.5 Å². The summed E-state index contributed by atoms with van der Waals surface area (Å²) >= 11 is 7.34. The minimum atomic E-state index is -0.0882. The van der Waals surface area contributed by atoms with Crippen molar-refractivity contribution < 1.29 is 19.0 Å². The van der Waals surface area contributed by atoms with Gasteiger partial charge in [-0.05, 0) is 72.3 Å². The summed E-state index contributed by atoms with van der Waals surface area (Å²) in [7, 11) is 3.29. The lowest BCUT2D eigenvalue weighted by molar-refractivity contribution is -0.115. The van der Waals surface area contributed by atoms with Crippen molar-refractivity contribution in [3.05, 3.63) is 66.7 Å². The molecule has 4 aromatic rings. The van der Waals surface area contributed by atoms with Gasteiger partial charge in [0.2, 0.25) is 5.91 Å². The summed E-state index contributed by atoms with van der Waals surface area (Å²) in [5.41, 5.74) is 2.59. The lowest BCUT2D eigenvalue weighted by atomic mass is 10.1. The summed E-state index contributed by atoms with van der Waals surface area (Å²) in [4.78, 5) is 15.7. The van der Waals surface area contributed by atoms with E-state index >= 15 is 0 Å². The predicted molar refractivity (Wildman–Crippen MR) is 136 cm³/mol. The minimum absolute atomic E-state index is 0.0882. The van der Waals surface area contributed by atoms with E-state index in [4.69, 9.17) is 25.8 Å². The first-order chi connectivity index (χ1) is 16.0. The van der Waals surface area contributed by atoms with Crippen molar-refractivity contribution in [2.45, 2.75) is 6.92 Å². The number of carbonyl (C=O) groups excluding carboxylic acids is 1. The summed E-state index contributed by atoms with van der Waals surface area (Å²) < 4.78 is 17.4. The van der Waals surface area contributed by atoms with Crippen LogP contribution >= 0.6 is 22.9 Å². The third-order valence-electron chi connectivity index (χ3n) is 5.20. The normalized spacial score (nSPS) is 10.8. The third-order valence-corrected chi connectivity index (χ3v) is 6.55. The molecule has 0 fully saturated rings. The molecule has 0 spiro atoms. The van der Waals surface area contributed by atoms with Crippen molar-refractivity contribution in [3.63, 3.8) is 0 Å². The maximum Gasteiger partial charge on any atom is 0.228 e. The number of hydrogen-bond acceptors (Lipinski definition) is 5. The van der Waals surface area contributed by atoms with E-state index in [1.54, 1.807) is 37.4 Å². The number of halogens is 1. The first-order valence-corrected chi connectivity index (χ1v) is 11.7. The van der Waals surface area contributed by atoms with Gasteiger partial charge in [-0.25, -0.2) is 0 Å². The summed E-state index contributed by atoms with van der Waals surface area (Å²) in [6, 6.07) is 21.2. The van der Waals surface area contributed by atoms with Crippen LogP contribution in [0.4, 0.5) is 11.4 Å². The van der Waals surface area contributed by atoms with Crippen LogP contribution in [0.3, 0.4) is 0 Å². The maximum absolute atomic E-state index is 13.0. The number of rotatable bonds is 8. The zero-order chi connectivity index (χ0) is 23.4. The van der Waals surface area contributed by atoms with Gasteiger partial charge in [0.05, 0.1) is 30.7 Å². The average molecular weight is 482 g/mol. The Hall–Kier alpha value is -3.22. The van der Waals surface area contributed by atoms with Gasteiger partial charge in [0.25, 0.3) is 0 Å². The van der Waals surface area contributed by atoms with E-state index in [0.717, 1.165) is 43.4 Å². The molecule has 0 radical (unpaired) electrons. The number of benzene rings is 3. The molecular formula is C26H24ClNO4S. The highest BCUT2D eigenvalue weighted by atomic mass is 35.5. The topological polar surface area (TPSA) is 48.0 Å². The molecular weight excluding hydrogens is 458 g/mol. The minimum Gasteiger partial charge on any atom is -0.497 e. The molecule has 0 saturated heterocycles. The molecule has 0 aliphatic heterocycles. The van der Waals surface area contributed by atoms with Crippen LogP contribution in [-0.4, -0.2) is 32.6 Å². The molecule has 33 heavy (non-hydrogen) atoms. The van der Waals surface area contributed by atoms with Crippen LogP contribution in [0, 0.1) is 0 Å². The molecule has 170 valence electrons. The van der Waals surface area contributed by atoms with Gasteiger partial charge in [-0.2, -0.15) is 0 Å². The van der Waals surface area contributed by atoms with E-state index in [1.165, 1.54) is 0 Å². The average Bonchev–Trinajstić information content (AvgIpc) is 3.21. The van der Waals surface area contributed by atoms with Gasteiger partial charge < -0.3 is 14.2 Å². The number of alkyl halides is 1. The van der Waals surface area contributed by atoms with E-state index in [-0.39, 0.29) is 5.91 Å². The number of hydrogen-bond donors (Lipinski definition) is 0. The third kappa shape index (κ3) is 4.77. The van der Waals surface area contributed by atoms with E-state index in [0.29, 0.717) is 18.2 Å². The van der Waals surface area contributed by atoms with Crippen molar-refractivity contribution in [3.8, 4) is 27.7 Å². The smallest absolute Gasteiger partial charge is 0.228 e. The first-order valence-electron chi connectivity index (χ1n) is 10.4. The Labute approximate surface area is 202 Å². The van der Waals surface area contributed by atoms with Crippen molar-refractivity contribution >= 4 is 50.3 Å². The number of nitrogens with zero attached hydrogens (tertiary/aromatic N) is 1. The van der Waals surface area contributed by atoms with Gasteiger partial charge >= 0.3 is 0 Å². The summed E-state index contributed by atoms with van der Waals surface area (Å²) in [5.74, 6) is 2.58. The molecule has 0 unspecified atom stereocenters. The van der Waals surface area contributed by atoms with E-state index < -0.39 is 0 Å². The molecule has 0 aliphatic carbocycles. The van der Waals surface area contributed by atoms with Crippen molar-refractivity contribution in [1.82, 2.24) is 0 Å². The molecule has 0 saturated carbocycles. The van der Waals surface area contributed by atoms with Gasteiger partial charge in [0.15, 0.2) is 0 Å². The quantitative estimate of drug-likeness (QED) is 0.257. The van der Waals surface area contributed by atoms with Crippen LogP contribution in [0.1, 0.15) is 6.92 Å². The largest absolute Gasteiger partial charge is 0.497 e. The first kappa shape index (κ1) is 23.0. The molecule has 3 aromatic carbocycles. The van der Waals surface area contributed by atoms with Crippen LogP contribution in [0.15, 0.2) is 66.7 Å². The van der Waals surface area contributed by atoms with Gasteiger partial charge in [0, 0.05) is 22.7 Å². The fourth-order valence-corrected chi connectivity index (χ4v) is 4.97. The molecule has 1 aromatic heterocycles. The van der Waals surface area contributed by atoms with Gasteiger partial charge in [0.1, 0.15) is 23.9 Å². The van der Waals surface area contributed by atoms with Crippen LogP contribution < -0.4 is 19.1 Å². The van der Waals surface area contributed by atoms with Crippen molar-refractivity contribution in [2.75, 3.05) is 31.6 Å². The number of carbonyl (C=O) groups is 1. The Morgan fingerprint density at radius 1 is 0.909 bits per heavy atom. The molecule has 1 amide bonds. The molecule has 5 nitrogen and oxygen atoms in total. The summed E-state index contributed by atoms with van der Waals surface area (Å²) in [5, 5.41) is 0.976. The number of thiophene rings is 1. The Morgan fingerprint density at radius 3 is 2.15 bits per heavy atom. The molecule has 1 heterocycles. The van der Waals surface area contributed by atoms with E-state index in [1.807, 2.05) is 66.7 Å². The highest BCUT2D eigenvalue weighted by Gasteiger charge is 2.24. The zero-order valence-electron chi connectivity index (χ0n) is 18.6. The lowest BCUT2D eigenvalue weighted by Crippen LogP contribution is -2.23. The zero-order valence-corrected chi connectivity index (χ0v) is 20.2. The number of ether oxygens (including phenoxy) is 3. The van der Waals surface area contributed by atoms with Crippen LogP contribution in [-0.2, 0) is 4.79 Å². The van der Waals surface area contributed by atoms with Gasteiger partial charge in [-0.3, -0.25) is 9.69 Å². The lowest BCUT2D eigenvalue weighted by Gasteiger charge is -2.23. The fraction of sp³-hybridized carbons (Fsp3) is 0.192. The molecule has 0 aliphatic rings. The Kier molecular flexibility index (Phi) is 7.06. The monoisotopic (exact) mass is 481 g/mol. The van der Waals surface area contributed by atoms with Crippen LogP contribution in [0.2, 0.25) is 0 Å². The maximum atomic E-state index is 13.0. The second-order valence-corrected chi connectivity index (χ2v) is 8.69. The predicted octanol–water partition coefficient (Wildman–Crippen LogP) is 6.89. The molecule has 7 heteroatoms. The number of amides is 1. The fourth-order valence-electron chi connectivity index (χ4n) is 3.67. The Morgan fingerprint density at radius 2 is 1.55 bits per heavy atom. The second-order valence-electron chi connectivity index (χ2n) is 7.26. The van der Waals surface area contributed by atoms with Gasteiger partial charge in [-0.1, -0.05) is 0 Å². The molecule has 0 bridgehead atoms. The SMILES string of the molecule is COc1ccc(-c2sc3cc(OC)ccc3c2N(C(C)=O)c2ccc(OCCCl)cc2)cc1. The van der Waals surface area contributed by atoms with E-state index in [9.17, 15) is 4.79 Å². The van der Waals surface area contributed by atoms with Crippen molar-refractivity contribution in [2.24, 2.45) is 0 Å². The van der Waals surface area contributed by atoms with E-state index in [2.05, 4.69) is 0 Å². The molecule has 4 rings (SSSR count).